The van der Waals surface area contributed by atoms with Crippen molar-refractivity contribution in [3.05, 3.63) is 61.9 Å². The van der Waals surface area contributed by atoms with Crippen molar-refractivity contribution in [1.82, 2.24) is 5.32 Å². The number of nitrogens with one attached hydrogen (secondary N) is 1. The third kappa shape index (κ3) is 3.83. The number of amides is 1. The molecule has 1 saturated heterocycles. The molecular formula is C17H12BrClN2O2S. The van der Waals surface area contributed by atoms with Gasteiger partial charge in [0.15, 0.2) is 5.17 Å². The zero-order chi connectivity index (χ0) is 17.3. The maximum atomic E-state index is 12.1. The highest BCUT2D eigenvalue weighted by molar-refractivity contribution is 9.10. The number of aryl methyl sites for hydroxylation is 1. The fourth-order valence-electron chi connectivity index (χ4n) is 2.01. The normalized spacial score (nSPS) is 17.5. The lowest BCUT2D eigenvalue weighted by molar-refractivity contribution is -0.115. The second kappa shape index (κ2) is 7.01. The highest BCUT2D eigenvalue weighted by Crippen LogP contribution is 2.31. The molecule has 2 N–H and O–H groups in total. The average Bonchev–Trinajstić information content (AvgIpc) is 2.86. The van der Waals surface area contributed by atoms with Gasteiger partial charge in [-0.2, -0.15) is 0 Å². The zero-order valence-electron chi connectivity index (χ0n) is 12.5. The van der Waals surface area contributed by atoms with Crippen LogP contribution in [-0.4, -0.2) is 16.2 Å². The van der Waals surface area contributed by atoms with Crippen LogP contribution in [0.4, 0.5) is 5.69 Å². The molecule has 1 amide bonds. The predicted molar refractivity (Wildman–Crippen MR) is 103 cm³/mol. The molecule has 0 spiro atoms. The third-order valence-electron chi connectivity index (χ3n) is 3.31. The Morgan fingerprint density at radius 2 is 2.08 bits per heavy atom. The van der Waals surface area contributed by atoms with Gasteiger partial charge < -0.3 is 10.4 Å². The molecule has 0 saturated carbocycles. The summed E-state index contributed by atoms with van der Waals surface area (Å²) < 4.78 is 0.573. The van der Waals surface area contributed by atoms with E-state index in [0.29, 0.717) is 25.3 Å². The number of hydrogen-bond donors (Lipinski definition) is 2. The number of amidine groups is 1. The van der Waals surface area contributed by atoms with E-state index in [1.165, 1.54) is 11.8 Å². The van der Waals surface area contributed by atoms with E-state index in [2.05, 4.69) is 26.2 Å². The quantitative estimate of drug-likeness (QED) is 0.668. The summed E-state index contributed by atoms with van der Waals surface area (Å²) in [5.74, 6) is -0.0552. The first-order valence-corrected chi connectivity index (χ1v) is 8.95. The van der Waals surface area contributed by atoms with Crippen molar-refractivity contribution in [3.8, 4) is 5.75 Å². The summed E-state index contributed by atoms with van der Waals surface area (Å²) in [7, 11) is 0. The van der Waals surface area contributed by atoms with E-state index in [1.54, 1.807) is 30.3 Å². The minimum absolute atomic E-state index is 0.152. The van der Waals surface area contributed by atoms with Gasteiger partial charge in [0.25, 0.3) is 5.91 Å². The van der Waals surface area contributed by atoms with Gasteiger partial charge >= 0.3 is 0 Å². The maximum absolute atomic E-state index is 12.1. The van der Waals surface area contributed by atoms with E-state index in [1.807, 2.05) is 19.1 Å². The molecule has 3 rings (SSSR count). The predicted octanol–water partition coefficient (Wildman–Crippen LogP) is 5.01. The fraction of sp³-hybridized carbons (Fsp3) is 0.0588. The van der Waals surface area contributed by atoms with Gasteiger partial charge in [0.2, 0.25) is 0 Å². The van der Waals surface area contributed by atoms with Crippen LogP contribution in [0.5, 0.6) is 5.75 Å². The lowest BCUT2D eigenvalue weighted by Crippen LogP contribution is -2.19. The lowest BCUT2D eigenvalue weighted by Gasteiger charge is -2.00. The van der Waals surface area contributed by atoms with Crippen molar-refractivity contribution in [1.29, 1.82) is 0 Å². The van der Waals surface area contributed by atoms with Crippen LogP contribution in [0.3, 0.4) is 0 Å². The fourth-order valence-corrected chi connectivity index (χ4v) is 3.43. The number of phenolic OH excluding ortho intramolecular Hbond substituents is 1. The van der Waals surface area contributed by atoms with Crippen LogP contribution in [0.1, 0.15) is 11.1 Å². The zero-order valence-corrected chi connectivity index (χ0v) is 15.7. The molecule has 1 aliphatic rings. The van der Waals surface area contributed by atoms with Gasteiger partial charge in [-0.3, -0.25) is 4.79 Å². The Bertz CT molecular complexity index is 896. The van der Waals surface area contributed by atoms with Gasteiger partial charge in [0, 0.05) is 5.02 Å². The van der Waals surface area contributed by atoms with Crippen molar-refractivity contribution >= 4 is 62.1 Å². The summed E-state index contributed by atoms with van der Waals surface area (Å²) in [6.45, 7) is 1.92. The van der Waals surface area contributed by atoms with E-state index in [-0.39, 0.29) is 11.7 Å². The monoisotopic (exact) mass is 422 g/mol. The number of nitrogens with zero attached hydrogens (tertiary/aromatic N) is 1. The SMILES string of the molecule is Cc1ccc(N=C2NC(=O)C(=Cc3ccc(O)c(Br)c3)S2)cc1Cl. The summed E-state index contributed by atoms with van der Waals surface area (Å²) in [6.07, 6.45) is 1.74. The molecule has 4 nitrogen and oxygen atoms in total. The Labute approximate surface area is 156 Å². The van der Waals surface area contributed by atoms with Crippen LogP contribution in [0, 0.1) is 6.92 Å². The molecule has 2 aromatic carbocycles. The van der Waals surface area contributed by atoms with Crippen LogP contribution in [0.2, 0.25) is 5.02 Å². The smallest absolute Gasteiger partial charge is 0.264 e. The van der Waals surface area contributed by atoms with E-state index in [0.717, 1.165) is 11.1 Å². The molecule has 0 bridgehead atoms. The van der Waals surface area contributed by atoms with Gasteiger partial charge in [-0.1, -0.05) is 23.7 Å². The molecule has 1 aliphatic heterocycles. The Hall–Kier alpha value is -1.76. The molecule has 1 fully saturated rings. The number of aliphatic imine (C=N–C) groups is 1. The number of hydrogen-bond acceptors (Lipinski definition) is 4. The van der Waals surface area contributed by atoms with Gasteiger partial charge in [0.05, 0.1) is 15.1 Å². The topological polar surface area (TPSA) is 61.7 Å². The minimum Gasteiger partial charge on any atom is -0.507 e. The van der Waals surface area contributed by atoms with Crippen LogP contribution < -0.4 is 5.32 Å². The van der Waals surface area contributed by atoms with E-state index in [9.17, 15) is 9.90 Å². The number of thioether (sulfide) groups is 1. The first kappa shape index (κ1) is 17.1. The number of carbonyl (C=O) groups excluding carboxylic acids is 1. The summed E-state index contributed by atoms with van der Waals surface area (Å²) >= 11 is 10.6. The summed E-state index contributed by atoms with van der Waals surface area (Å²) in [5, 5.41) is 13.4. The van der Waals surface area contributed by atoms with E-state index >= 15 is 0 Å². The molecule has 0 atom stereocenters. The maximum Gasteiger partial charge on any atom is 0.264 e. The summed E-state index contributed by atoms with van der Waals surface area (Å²) in [4.78, 5) is 17.0. The Kier molecular flexibility index (Phi) is 4.99. The number of aromatic hydroxyl groups is 1. The Balaban J connectivity index is 1.84. The van der Waals surface area contributed by atoms with Crippen LogP contribution >= 0.6 is 39.3 Å². The molecule has 0 unspecified atom stereocenters. The first-order chi connectivity index (χ1) is 11.4. The lowest BCUT2D eigenvalue weighted by atomic mass is 10.2. The van der Waals surface area contributed by atoms with Crippen molar-refractivity contribution < 1.29 is 9.90 Å². The number of benzene rings is 2. The molecule has 2 aromatic rings. The second-order valence-corrected chi connectivity index (χ2v) is 7.42. The second-order valence-electron chi connectivity index (χ2n) is 5.13. The van der Waals surface area contributed by atoms with Crippen LogP contribution in [0.25, 0.3) is 6.08 Å². The molecule has 0 aliphatic carbocycles. The minimum atomic E-state index is -0.207. The highest BCUT2D eigenvalue weighted by Gasteiger charge is 2.23. The van der Waals surface area contributed by atoms with Crippen molar-refractivity contribution in [2.24, 2.45) is 4.99 Å². The molecule has 1 heterocycles. The molecule has 122 valence electrons. The van der Waals surface area contributed by atoms with Crippen molar-refractivity contribution in [3.63, 3.8) is 0 Å². The molecule has 7 heteroatoms. The van der Waals surface area contributed by atoms with Gasteiger partial charge in [0.1, 0.15) is 5.75 Å². The van der Waals surface area contributed by atoms with E-state index in [4.69, 9.17) is 11.6 Å². The standard InChI is InChI=1S/C17H12BrClN2O2S/c1-9-2-4-11(8-13(9)19)20-17-21-16(23)15(24-17)7-10-3-5-14(22)12(18)6-10/h2-8,22H,1H3,(H,20,21,23). The largest absolute Gasteiger partial charge is 0.507 e. The van der Waals surface area contributed by atoms with Crippen LogP contribution in [-0.2, 0) is 4.79 Å². The van der Waals surface area contributed by atoms with Gasteiger partial charge in [-0.05, 0) is 76.1 Å². The highest BCUT2D eigenvalue weighted by atomic mass is 79.9. The average molecular weight is 424 g/mol. The third-order valence-corrected chi connectivity index (χ3v) is 5.26. The molecular weight excluding hydrogens is 412 g/mol. The number of halogens is 2. The number of phenols is 1. The summed E-state index contributed by atoms with van der Waals surface area (Å²) in [5.41, 5.74) is 2.46. The van der Waals surface area contributed by atoms with Crippen molar-refractivity contribution in [2.75, 3.05) is 0 Å². The van der Waals surface area contributed by atoms with Crippen molar-refractivity contribution in [2.45, 2.75) is 6.92 Å². The molecule has 0 aromatic heterocycles. The van der Waals surface area contributed by atoms with Gasteiger partial charge in [-0.15, -0.1) is 0 Å². The molecule has 24 heavy (non-hydrogen) atoms. The Morgan fingerprint density at radius 1 is 1.29 bits per heavy atom. The number of carbonyl (C=O) groups is 1. The van der Waals surface area contributed by atoms with Gasteiger partial charge in [-0.25, -0.2) is 4.99 Å². The molecule has 0 radical (unpaired) electrons. The first-order valence-electron chi connectivity index (χ1n) is 6.96. The van der Waals surface area contributed by atoms with E-state index < -0.39 is 0 Å². The summed E-state index contributed by atoms with van der Waals surface area (Å²) in [6, 6.07) is 10.5. The Morgan fingerprint density at radius 3 is 2.79 bits per heavy atom. The number of rotatable bonds is 2. The van der Waals surface area contributed by atoms with Crippen LogP contribution in [0.15, 0.2) is 50.8 Å².